The quantitative estimate of drug-likeness (QED) is 0.790. The summed E-state index contributed by atoms with van der Waals surface area (Å²) in [6.07, 6.45) is 2.13. The molecule has 0 saturated carbocycles. The molecule has 0 aliphatic carbocycles. The van der Waals surface area contributed by atoms with E-state index < -0.39 is 5.60 Å². The van der Waals surface area contributed by atoms with Gasteiger partial charge in [-0.2, -0.15) is 5.26 Å². The Labute approximate surface area is 147 Å². The predicted octanol–water partition coefficient (Wildman–Crippen LogP) is 4.05. The highest BCUT2D eigenvalue weighted by molar-refractivity contribution is 6.01. The standard InChI is InChI=1S/C21H19NO3/c1-14-8-20-18(10-17(14)16-5-2-4-15(9-16)12-22)19(23)11-21(25-20)6-3-7-24-13-21/h2,4-5,8-10H,3,6-7,11,13H2,1H3. The molecule has 1 unspecified atom stereocenters. The monoisotopic (exact) mass is 333 g/mol. The average molecular weight is 333 g/mol. The lowest BCUT2D eigenvalue weighted by molar-refractivity contribution is -0.0715. The van der Waals surface area contributed by atoms with Crippen LogP contribution >= 0.6 is 0 Å². The molecule has 25 heavy (non-hydrogen) atoms. The van der Waals surface area contributed by atoms with Crippen molar-refractivity contribution in [1.82, 2.24) is 0 Å². The number of hydrogen-bond acceptors (Lipinski definition) is 4. The number of carbonyl (C=O) groups is 1. The maximum Gasteiger partial charge on any atom is 0.170 e. The second-order valence-electron chi connectivity index (χ2n) is 6.90. The van der Waals surface area contributed by atoms with E-state index in [9.17, 15) is 4.79 Å². The Balaban J connectivity index is 1.76. The number of Topliss-reactive ketones (excluding diaryl/α,β-unsaturated/α-hetero) is 1. The zero-order valence-corrected chi connectivity index (χ0v) is 14.2. The lowest BCUT2D eigenvalue weighted by atomic mass is 9.84. The van der Waals surface area contributed by atoms with Crippen molar-refractivity contribution in [3.05, 3.63) is 53.1 Å². The topological polar surface area (TPSA) is 59.3 Å². The van der Waals surface area contributed by atoms with E-state index in [0.29, 0.717) is 29.9 Å². The minimum absolute atomic E-state index is 0.101. The van der Waals surface area contributed by atoms with Crippen LogP contribution in [0.15, 0.2) is 36.4 Å². The Hall–Kier alpha value is -2.64. The predicted molar refractivity (Wildman–Crippen MR) is 93.7 cm³/mol. The van der Waals surface area contributed by atoms with Crippen LogP contribution < -0.4 is 4.74 Å². The summed E-state index contributed by atoms with van der Waals surface area (Å²) >= 11 is 0. The van der Waals surface area contributed by atoms with E-state index in [1.165, 1.54) is 0 Å². The van der Waals surface area contributed by atoms with Crippen LogP contribution in [0.3, 0.4) is 0 Å². The average Bonchev–Trinajstić information content (AvgIpc) is 2.62. The summed E-state index contributed by atoms with van der Waals surface area (Å²) in [5, 5.41) is 9.12. The minimum atomic E-state index is -0.503. The van der Waals surface area contributed by atoms with Gasteiger partial charge in [0, 0.05) is 6.61 Å². The highest BCUT2D eigenvalue weighted by Crippen LogP contribution is 2.40. The second kappa shape index (κ2) is 6.02. The number of ether oxygens (including phenoxy) is 2. The molecule has 1 atom stereocenters. The number of ketones is 1. The Morgan fingerprint density at radius 1 is 1.20 bits per heavy atom. The van der Waals surface area contributed by atoms with Gasteiger partial charge in [-0.05, 0) is 60.7 Å². The van der Waals surface area contributed by atoms with Crippen molar-refractivity contribution < 1.29 is 14.3 Å². The van der Waals surface area contributed by atoms with E-state index in [1.807, 2.05) is 37.3 Å². The van der Waals surface area contributed by atoms with Gasteiger partial charge in [0.25, 0.3) is 0 Å². The lowest BCUT2D eigenvalue weighted by Crippen LogP contribution is -2.48. The van der Waals surface area contributed by atoms with Gasteiger partial charge in [-0.25, -0.2) is 0 Å². The van der Waals surface area contributed by atoms with Gasteiger partial charge < -0.3 is 9.47 Å². The third-order valence-corrected chi connectivity index (χ3v) is 5.03. The van der Waals surface area contributed by atoms with Gasteiger partial charge in [0.1, 0.15) is 11.4 Å². The molecule has 0 N–H and O–H groups in total. The summed E-state index contributed by atoms with van der Waals surface area (Å²) in [4.78, 5) is 12.8. The number of rotatable bonds is 1. The normalized spacial score (nSPS) is 22.2. The zero-order valence-electron chi connectivity index (χ0n) is 14.2. The zero-order chi connectivity index (χ0) is 17.4. The van der Waals surface area contributed by atoms with E-state index in [0.717, 1.165) is 36.1 Å². The van der Waals surface area contributed by atoms with Crippen LogP contribution in [0.5, 0.6) is 5.75 Å². The van der Waals surface area contributed by atoms with Crippen molar-refractivity contribution in [2.45, 2.75) is 31.8 Å². The summed E-state index contributed by atoms with van der Waals surface area (Å²) in [6.45, 7) is 3.21. The summed E-state index contributed by atoms with van der Waals surface area (Å²) < 4.78 is 11.8. The number of aryl methyl sites for hydroxylation is 1. The summed E-state index contributed by atoms with van der Waals surface area (Å²) in [5.74, 6) is 0.754. The van der Waals surface area contributed by atoms with Crippen LogP contribution in [0.2, 0.25) is 0 Å². The minimum Gasteiger partial charge on any atom is -0.484 e. The largest absolute Gasteiger partial charge is 0.484 e. The lowest BCUT2D eigenvalue weighted by Gasteiger charge is -2.40. The maximum absolute atomic E-state index is 12.8. The van der Waals surface area contributed by atoms with E-state index in [-0.39, 0.29) is 5.78 Å². The second-order valence-corrected chi connectivity index (χ2v) is 6.90. The summed E-state index contributed by atoms with van der Waals surface area (Å²) in [6, 6.07) is 13.4. The van der Waals surface area contributed by atoms with Crippen LogP contribution in [0.4, 0.5) is 0 Å². The molecule has 4 heteroatoms. The van der Waals surface area contributed by atoms with Gasteiger partial charge in [-0.3, -0.25) is 4.79 Å². The molecule has 2 aliphatic heterocycles. The third kappa shape index (κ3) is 2.81. The Morgan fingerprint density at radius 2 is 2.08 bits per heavy atom. The first kappa shape index (κ1) is 15.9. The molecule has 2 aromatic rings. The van der Waals surface area contributed by atoms with E-state index >= 15 is 0 Å². The van der Waals surface area contributed by atoms with Crippen LogP contribution in [0.25, 0.3) is 11.1 Å². The first-order valence-electron chi connectivity index (χ1n) is 8.55. The SMILES string of the molecule is Cc1cc2c(cc1-c1cccc(C#N)c1)C(=O)CC1(CCCOC1)O2. The molecule has 126 valence electrons. The smallest absolute Gasteiger partial charge is 0.170 e. The number of hydrogen-bond donors (Lipinski definition) is 0. The summed E-state index contributed by atoms with van der Waals surface area (Å²) in [5.41, 5.74) is 3.65. The Bertz CT molecular complexity index is 888. The van der Waals surface area contributed by atoms with Gasteiger partial charge in [0.15, 0.2) is 5.78 Å². The van der Waals surface area contributed by atoms with Gasteiger partial charge in [-0.15, -0.1) is 0 Å². The van der Waals surface area contributed by atoms with Crippen molar-refractivity contribution in [3.8, 4) is 22.9 Å². The number of carbonyl (C=O) groups excluding carboxylic acids is 1. The molecule has 0 bridgehead atoms. The van der Waals surface area contributed by atoms with Crippen LogP contribution in [0, 0.1) is 18.3 Å². The van der Waals surface area contributed by atoms with Crippen LogP contribution in [-0.4, -0.2) is 24.6 Å². The highest BCUT2D eigenvalue weighted by Gasteiger charge is 2.42. The van der Waals surface area contributed by atoms with Crippen molar-refractivity contribution in [1.29, 1.82) is 5.26 Å². The van der Waals surface area contributed by atoms with Crippen molar-refractivity contribution in [2.24, 2.45) is 0 Å². The number of nitriles is 1. The Kier molecular flexibility index (Phi) is 3.82. The molecular weight excluding hydrogens is 314 g/mol. The number of fused-ring (bicyclic) bond motifs is 1. The summed E-state index contributed by atoms with van der Waals surface area (Å²) in [7, 11) is 0. The molecule has 1 fully saturated rings. The maximum atomic E-state index is 12.8. The molecule has 0 aromatic heterocycles. The number of benzene rings is 2. The van der Waals surface area contributed by atoms with Crippen LogP contribution in [-0.2, 0) is 4.74 Å². The van der Waals surface area contributed by atoms with Gasteiger partial charge in [-0.1, -0.05) is 12.1 Å². The Morgan fingerprint density at radius 3 is 2.84 bits per heavy atom. The van der Waals surface area contributed by atoms with Crippen molar-refractivity contribution in [3.63, 3.8) is 0 Å². The van der Waals surface area contributed by atoms with Crippen molar-refractivity contribution >= 4 is 5.78 Å². The molecule has 0 amide bonds. The van der Waals surface area contributed by atoms with Gasteiger partial charge >= 0.3 is 0 Å². The first-order chi connectivity index (χ1) is 12.1. The molecule has 1 saturated heterocycles. The fourth-order valence-electron chi connectivity index (χ4n) is 3.75. The van der Waals surface area contributed by atoms with Gasteiger partial charge in [0.05, 0.1) is 30.2 Å². The molecule has 2 heterocycles. The van der Waals surface area contributed by atoms with Crippen molar-refractivity contribution in [2.75, 3.05) is 13.2 Å². The van der Waals surface area contributed by atoms with E-state index in [2.05, 4.69) is 6.07 Å². The molecular formula is C21H19NO3. The molecule has 1 spiro atoms. The molecule has 4 rings (SSSR count). The van der Waals surface area contributed by atoms with E-state index in [1.54, 1.807) is 6.07 Å². The molecule has 4 nitrogen and oxygen atoms in total. The fraction of sp³-hybridized carbons (Fsp3) is 0.333. The highest BCUT2D eigenvalue weighted by atomic mass is 16.5. The number of nitrogens with zero attached hydrogens (tertiary/aromatic N) is 1. The fourth-order valence-corrected chi connectivity index (χ4v) is 3.75. The van der Waals surface area contributed by atoms with E-state index in [4.69, 9.17) is 14.7 Å². The van der Waals surface area contributed by atoms with Gasteiger partial charge in [0.2, 0.25) is 0 Å². The molecule has 2 aromatic carbocycles. The third-order valence-electron chi connectivity index (χ3n) is 5.03. The molecule has 0 radical (unpaired) electrons. The van der Waals surface area contributed by atoms with Crippen LogP contribution in [0.1, 0.15) is 40.7 Å². The molecule has 2 aliphatic rings. The first-order valence-corrected chi connectivity index (χ1v) is 8.55.